The predicted molar refractivity (Wildman–Crippen MR) is 96.7 cm³/mol. The average Bonchev–Trinajstić information content (AvgIpc) is 2.60. The number of carbonyl (C=O) groups is 2. The van der Waals surface area contributed by atoms with Gasteiger partial charge in [0.25, 0.3) is 5.91 Å². The number of benzene rings is 1. The van der Waals surface area contributed by atoms with Crippen molar-refractivity contribution in [3.05, 3.63) is 23.8 Å². The normalized spacial score (nSPS) is 33.4. The zero-order chi connectivity index (χ0) is 18.3. The lowest BCUT2D eigenvalue weighted by molar-refractivity contribution is -0.164. The zero-order valence-electron chi connectivity index (χ0n) is 14.9. The van der Waals surface area contributed by atoms with E-state index in [1.54, 1.807) is 0 Å². The van der Waals surface area contributed by atoms with Gasteiger partial charge in [0.2, 0.25) is 0 Å². The molecule has 6 heteroatoms. The minimum absolute atomic E-state index is 0.0922. The highest BCUT2D eigenvalue weighted by Crippen LogP contribution is 2.60. The number of carbonyl (C=O) groups excluding carboxylic acids is 1. The van der Waals surface area contributed by atoms with Crippen LogP contribution in [0.3, 0.4) is 0 Å². The van der Waals surface area contributed by atoms with Crippen molar-refractivity contribution in [2.75, 3.05) is 11.9 Å². The molecule has 0 atom stereocenters. The second kappa shape index (κ2) is 6.58. The number of rotatable bonds is 2. The van der Waals surface area contributed by atoms with Crippen LogP contribution in [-0.2, 0) is 16.1 Å². The summed E-state index contributed by atoms with van der Waals surface area (Å²) in [6, 6.07) is 5.53. The average molecular weight is 358 g/mol. The number of anilines is 1. The van der Waals surface area contributed by atoms with E-state index < -0.39 is 5.97 Å². The lowest BCUT2D eigenvalue weighted by Gasteiger charge is -2.54. The summed E-state index contributed by atoms with van der Waals surface area (Å²) in [6.45, 7) is 0.554. The minimum Gasteiger partial charge on any atom is -0.482 e. The fourth-order valence-corrected chi connectivity index (χ4v) is 5.63. The van der Waals surface area contributed by atoms with E-state index in [-0.39, 0.29) is 17.9 Å². The van der Waals surface area contributed by atoms with Gasteiger partial charge in [0, 0.05) is 6.54 Å². The Hall–Kier alpha value is -2.08. The molecule has 6 rings (SSSR count). The first kappa shape index (κ1) is 17.3. The maximum absolute atomic E-state index is 11.3. The van der Waals surface area contributed by atoms with Crippen molar-refractivity contribution >= 4 is 17.6 Å². The van der Waals surface area contributed by atoms with Gasteiger partial charge in [0.05, 0.1) is 11.1 Å². The third-order valence-electron chi connectivity index (χ3n) is 6.40. The van der Waals surface area contributed by atoms with Gasteiger partial charge >= 0.3 is 5.97 Å². The molecule has 1 heterocycles. The molecule has 4 fully saturated rings. The molecule has 1 aromatic rings. The Balaban J connectivity index is 0.000000129. The summed E-state index contributed by atoms with van der Waals surface area (Å²) in [5, 5.41) is 12.0. The summed E-state index contributed by atoms with van der Waals surface area (Å²) in [6.07, 6.45) is 6.92. The van der Waals surface area contributed by atoms with Crippen molar-refractivity contribution < 1.29 is 19.4 Å². The van der Waals surface area contributed by atoms with E-state index in [2.05, 4.69) is 5.32 Å². The highest BCUT2D eigenvalue weighted by atomic mass is 16.5. The molecule has 4 aliphatic carbocycles. The van der Waals surface area contributed by atoms with Gasteiger partial charge in [0.1, 0.15) is 5.75 Å². The molecule has 4 bridgehead atoms. The van der Waals surface area contributed by atoms with E-state index in [0.29, 0.717) is 18.0 Å². The SMILES string of the molecule is NCc1ccc2c(c1)NC(=O)CO2.O=C(O)C12CC3CC(CC(C3)C1)C2. The van der Waals surface area contributed by atoms with Crippen LogP contribution in [0.5, 0.6) is 5.75 Å². The Morgan fingerprint density at radius 3 is 2.35 bits per heavy atom. The molecular weight excluding hydrogens is 332 g/mol. The number of ether oxygens (including phenoxy) is 1. The van der Waals surface area contributed by atoms with Crippen LogP contribution in [0.1, 0.15) is 44.1 Å². The fourth-order valence-electron chi connectivity index (χ4n) is 5.63. The van der Waals surface area contributed by atoms with Gasteiger partial charge in [-0.2, -0.15) is 0 Å². The summed E-state index contributed by atoms with van der Waals surface area (Å²) in [4.78, 5) is 22.2. The molecule has 0 unspecified atom stereocenters. The molecule has 1 aromatic carbocycles. The van der Waals surface area contributed by atoms with Crippen LogP contribution in [0.2, 0.25) is 0 Å². The van der Waals surface area contributed by atoms with E-state index >= 15 is 0 Å². The molecule has 4 N–H and O–H groups in total. The molecular formula is C20H26N2O4. The number of nitrogens with one attached hydrogen (secondary N) is 1. The van der Waals surface area contributed by atoms with Gasteiger partial charge in [-0.25, -0.2) is 0 Å². The number of nitrogens with two attached hydrogens (primary N) is 1. The number of fused-ring (bicyclic) bond motifs is 1. The van der Waals surface area contributed by atoms with E-state index in [4.69, 9.17) is 10.5 Å². The number of carboxylic acids is 1. The highest BCUT2D eigenvalue weighted by molar-refractivity contribution is 5.95. The topological polar surface area (TPSA) is 102 Å². The van der Waals surface area contributed by atoms with Gasteiger partial charge < -0.3 is 20.9 Å². The first-order valence-corrected chi connectivity index (χ1v) is 9.46. The standard InChI is InChI=1S/C11H16O2.C9H10N2O2/c12-10(13)11-4-7-1-8(5-11)3-9(2-7)6-11;10-4-6-1-2-8-7(3-6)11-9(12)5-13-8/h7-9H,1-6H2,(H,12,13);1-3H,4-5,10H2,(H,11,12). The Morgan fingerprint density at radius 2 is 1.81 bits per heavy atom. The first-order chi connectivity index (χ1) is 12.5. The minimum atomic E-state index is -0.508. The summed E-state index contributed by atoms with van der Waals surface area (Å²) < 4.78 is 5.18. The van der Waals surface area contributed by atoms with E-state index in [1.807, 2.05) is 18.2 Å². The maximum Gasteiger partial charge on any atom is 0.309 e. The molecule has 0 aromatic heterocycles. The molecule has 4 saturated carbocycles. The van der Waals surface area contributed by atoms with Gasteiger partial charge in [-0.1, -0.05) is 6.07 Å². The Kier molecular flexibility index (Phi) is 4.39. The summed E-state index contributed by atoms with van der Waals surface area (Å²) in [5.74, 6) is 2.33. The summed E-state index contributed by atoms with van der Waals surface area (Å²) >= 11 is 0. The summed E-state index contributed by atoms with van der Waals surface area (Å²) in [5.41, 5.74) is 6.87. The maximum atomic E-state index is 11.3. The van der Waals surface area contributed by atoms with E-state index in [0.717, 1.165) is 42.6 Å². The predicted octanol–water partition coefficient (Wildman–Crippen LogP) is 2.76. The van der Waals surface area contributed by atoms with Gasteiger partial charge in [-0.15, -0.1) is 0 Å². The third kappa shape index (κ3) is 3.18. The van der Waals surface area contributed by atoms with E-state index in [1.165, 1.54) is 19.3 Å². The van der Waals surface area contributed by atoms with Crippen molar-refractivity contribution in [2.24, 2.45) is 28.9 Å². The molecule has 0 radical (unpaired) electrons. The molecule has 26 heavy (non-hydrogen) atoms. The number of hydrogen-bond donors (Lipinski definition) is 3. The lowest BCUT2D eigenvalue weighted by Crippen LogP contribution is -2.49. The second-order valence-electron chi connectivity index (χ2n) is 8.37. The van der Waals surface area contributed by atoms with Crippen molar-refractivity contribution in [1.29, 1.82) is 0 Å². The number of carboxylic acid groups (broad SMARTS) is 1. The van der Waals surface area contributed by atoms with Gasteiger partial charge in [-0.3, -0.25) is 9.59 Å². The molecule has 5 aliphatic rings. The summed E-state index contributed by atoms with van der Waals surface area (Å²) in [7, 11) is 0. The van der Waals surface area contributed by atoms with Crippen LogP contribution in [0, 0.1) is 23.2 Å². The van der Waals surface area contributed by atoms with Gasteiger partial charge in [0.15, 0.2) is 6.61 Å². The fraction of sp³-hybridized carbons (Fsp3) is 0.600. The van der Waals surface area contributed by atoms with Crippen molar-refractivity contribution in [3.8, 4) is 5.75 Å². The van der Waals surface area contributed by atoms with Crippen LogP contribution < -0.4 is 15.8 Å². The monoisotopic (exact) mass is 358 g/mol. The molecule has 1 amide bonds. The first-order valence-electron chi connectivity index (χ1n) is 9.46. The van der Waals surface area contributed by atoms with Crippen LogP contribution in [0.25, 0.3) is 0 Å². The van der Waals surface area contributed by atoms with Crippen molar-refractivity contribution in [2.45, 2.75) is 45.1 Å². The zero-order valence-corrected chi connectivity index (χ0v) is 14.9. The molecule has 0 spiro atoms. The second-order valence-corrected chi connectivity index (χ2v) is 8.37. The van der Waals surface area contributed by atoms with Crippen LogP contribution in [0.15, 0.2) is 18.2 Å². The molecule has 0 saturated heterocycles. The quantitative estimate of drug-likeness (QED) is 0.754. The van der Waals surface area contributed by atoms with Crippen molar-refractivity contribution in [3.63, 3.8) is 0 Å². The Labute approximate surface area is 153 Å². The lowest BCUT2D eigenvalue weighted by atomic mass is 9.49. The molecule has 1 aliphatic heterocycles. The van der Waals surface area contributed by atoms with Crippen LogP contribution in [0.4, 0.5) is 5.69 Å². The number of amides is 1. The van der Waals surface area contributed by atoms with Gasteiger partial charge in [-0.05, 0) is 74.0 Å². The largest absolute Gasteiger partial charge is 0.482 e. The Morgan fingerprint density at radius 1 is 1.19 bits per heavy atom. The smallest absolute Gasteiger partial charge is 0.309 e. The number of aliphatic carboxylic acids is 1. The van der Waals surface area contributed by atoms with Crippen LogP contribution in [-0.4, -0.2) is 23.6 Å². The third-order valence-corrected chi connectivity index (χ3v) is 6.40. The van der Waals surface area contributed by atoms with Crippen LogP contribution >= 0.6 is 0 Å². The highest BCUT2D eigenvalue weighted by Gasteiger charge is 2.54. The molecule has 140 valence electrons. The molecule has 6 nitrogen and oxygen atoms in total. The van der Waals surface area contributed by atoms with E-state index in [9.17, 15) is 14.7 Å². The van der Waals surface area contributed by atoms with Crippen molar-refractivity contribution in [1.82, 2.24) is 0 Å². The Bertz CT molecular complexity index is 695. The number of hydrogen-bond acceptors (Lipinski definition) is 4.